The van der Waals surface area contributed by atoms with Gasteiger partial charge in [-0.3, -0.25) is 9.59 Å². The number of nitrogen functional groups attached to an aromatic ring is 1. The van der Waals surface area contributed by atoms with Crippen molar-refractivity contribution in [2.45, 2.75) is 19.4 Å². The van der Waals surface area contributed by atoms with Gasteiger partial charge in [-0.15, -0.1) is 11.3 Å². The van der Waals surface area contributed by atoms with Crippen molar-refractivity contribution >= 4 is 38.9 Å². The normalized spacial score (nSPS) is 18.8. The maximum absolute atomic E-state index is 12.7. The zero-order valence-electron chi connectivity index (χ0n) is 11.8. The molecule has 2 aromatic rings. The van der Waals surface area contributed by atoms with Crippen molar-refractivity contribution in [3.8, 4) is 0 Å². The van der Waals surface area contributed by atoms with Crippen molar-refractivity contribution in [2.75, 3.05) is 18.8 Å². The molecule has 0 radical (unpaired) electrons. The second-order valence-corrected chi connectivity index (χ2v) is 6.21. The zero-order chi connectivity index (χ0) is 15.0. The first-order valence-corrected chi connectivity index (χ1v) is 7.79. The Morgan fingerprint density at radius 3 is 3.05 bits per heavy atom. The van der Waals surface area contributed by atoms with Gasteiger partial charge in [0.1, 0.15) is 6.04 Å². The van der Waals surface area contributed by atoms with Gasteiger partial charge in [0.2, 0.25) is 5.91 Å². The quantitative estimate of drug-likeness (QED) is 0.831. The summed E-state index contributed by atoms with van der Waals surface area (Å²) in [4.78, 5) is 26.9. The Morgan fingerprint density at radius 1 is 1.48 bits per heavy atom. The molecule has 110 valence electrons. The van der Waals surface area contributed by atoms with Crippen molar-refractivity contribution in [2.24, 2.45) is 0 Å². The summed E-state index contributed by atoms with van der Waals surface area (Å²) >= 11 is 1.44. The molecule has 1 atom stereocenters. The van der Waals surface area contributed by atoms with E-state index < -0.39 is 0 Å². The molecule has 0 saturated carbocycles. The number of nitrogens with zero attached hydrogens (tertiary/aromatic N) is 1. The molecule has 5 nitrogen and oxygen atoms in total. The van der Waals surface area contributed by atoms with E-state index in [1.807, 2.05) is 31.2 Å². The number of nitrogens with two attached hydrogens (primary N) is 1. The highest BCUT2D eigenvalue weighted by molar-refractivity contribution is 7.20. The average Bonchev–Trinajstić information content (AvgIpc) is 2.89. The monoisotopic (exact) mass is 303 g/mol. The fourth-order valence-corrected chi connectivity index (χ4v) is 3.67. The number of anilines is 1. The van der Waals surface area contributed by atoms with E-state index in [0.717, 1.165) is 10.1 Å². The van der Waals surface area contributed by atoms with Crippen LogP contribution in [0.5, 0.6) is 0 Å². The molecule has 0 spiro atoms. The van der Waals surface area contributed by atoms with Crippen LogP contribution in [0.15, 0.2) is 24.3 Å². The highest BCUT2D eigenvalue weighted by Gasteiger charge is 2.32. The topological polar surface area (TPSA) is 75.4 Å². The van der Waals surface area contributed by atoms with E-state index in [9.17, 15) is 9.59 Å². The van der Waals surface area contributed by atoms with Crippen LogP contribution >= 0.6 is 11.3 Å². The molecule has 1 fully saturated rings. The summed E-state index contributed by atoms with van der Waals surface area (Å²) in [6.07, 6.45) is 0.620. The summed E-state index contributed by atoms with van der Waals surface area (Å²) < 4.78 is 1.03. The molecule has 1 unspecified atom stereocenters. The molecule has 3 rings (SSSR count). The van der Waals surface area contributed by atoms with E-state index in [2.05, 4.69) is 5.32 Å². The molecule has 0 bridgehead atoms. The van der Waals surface area contributed by atoms with Gasteiger partial charge < -0.3 is 16.0 Å². The standard InChI is InChI=1S/C15H17N3O2S/c1-2-11-14(19)17-5-6-18(11)15(20)13-8-9-7-10(16)3-4-12(9)21-13/h3-4,7-8,11H,2,5-6,16H2,1H3,(H,17,19). The molecule has 21 heavy (non-hydrogen) atoms. The van der Waals surface area contributed by atoms with Crippen molar-refractivity contribution in [3.63, 3.8) is 0 Å². The van der Waals surface area contributed by atoms with Gasteiger partial charge in [0.25, 0.3) is 5.91 Å². The third kappa shape index (κ3) is 2.47. The van der Waals surface area contributed by atoms with Crippen molar-refractivity contribution in [1.29, 1.82) is 0 Å². The van der Waals surface area contributed by atoms with Gasteiger partial charge >= 0.3 is 0 Å². The number of amides is 2. The summed E-state index contributed by atoms with van der Waals surface area (Å²) in [5, 5.41) is 3.78. The minimum absolute atomic E-state index is 0.0672. The van der Waals surface area contributed by atoms with E-state index >= 15 is 0 Å². The van der Waals surface area contributed by atoms with Crippen LogP contribution in [0.4, 0.5) is 5.69 Å². The summed E-state index contributed by atoms with van der Waals surface area (Å²) in [7, 11) is 0. The summed E-state index contributed by atoms with van der Waals surface area (Å²) in [5.41, 5.74) is 6.45. The molecule has 1 aromatic carbocycles. The van der Waals surface area contributed by atoms with Crippen LogP contribution in [0.2, 0.25) is 0 Å². The summed E-state index contributed by atoms with van der Waals surface area (Å²) in [5.74, 6) is -0.140. The number of carbonyl (C=O) groups excluding carboxylic acids is 2. The zero-order valence-corrected chi connectivity index (χ0v) is 12.6. The van der Waals surface area contributed by atoms with E-state index in [4.69, 9.17) is 5.73 Å². The van der Waals surface area contributed by atoms with Crippen LogP contribution in [0.25, 0.3) is 10.1 Å². The predicted octanol–water partition coefficient (Wildman–Crippen LogP) is 1.83. The van der Waals surface area contributed by atoms with E-state index in [-0.39, 0.29) is 17.9 Å². The number of thiophene rings is 1. The Bertz CT molecular complexity index is 710. The van der Waals surface area contributed by atoms with Crippen molar-refractivity contribution in [1.82, 2.24) is 10.2 Å². The van der Waals surface area contributed by atoms with Gasteiger partial charge in [-0.2, -0.15) is 0 Å². The Kier molecular flexibility index (Phi) is 3.55. The first-order valence-electron chi connectivity index (χ1n) is 6.98. The highest BCUT2D eigenvalue weighted by Crippen LogP contribution is 2.29. The third-order valence-corrected chi connectivity index (χ3v) is 4.83. The van der Waals surface area contributed by atoms with Crippen LogP contribution in [0, 0.1) is 0 Å². The fourth-order valence-electron chi connectivity index (χ4n) is 2.67. The fraction of sp³-hybridized carbons (Fsp3) is 0.333. The van der Waals surface area contributed by atoms with Crippen LogP contribution in [0.3, 0.4) is 0 Å². The lowest BCUT2D eigenvalue weighted by atomic mass is 10.1. The lowest BCUT2D eigenvalue weighted by molar-refractivity contribution is -0.127. The van der Waals surface area contributed by atoms with Crippen LogP contribution < -0.4 is 11.1 Å². The summed E-state index contributed by atoms with van der Waals surface area (Å²) in [6, 6.07) is 7.10. The number of carbonyl (C=O) groups is 2. The average molecular weight is 303 g/mol. The molecule has 1 saturated heterocycles. The molecule has 3 N–H and O–H groups in total. The Balaban J connectivity index is 1.93. The molecule has 2 amide bonds. The van der Waals surface area contributed by atoms with Crippen LogP contribution in [0.1, 0.15) is 23.0 Å². The molecular formula is C15H17N3O2S. The van der Waals surface area contributed by atoms with Crippen molar-refractivity contribution < 1.29 is 9.59 Å². The molecule has 1 aliphatic rings. The van der Waals surface area contributed by atoms with Crippen LogP contribution in [-0.4, -0.2) is 35.8 Å². The largest absolute Gasteiger partial charge is 0.399 e. The maximum Gasteiger partial charge on any atom is 0.264 e. The van der Waals surface area contributed by atoms with E-state index in [0.29, 0.717) is 30.1 Å². The Hall–Kier alpha value is -2.08. The first kappa shape index (κ1) is 13.9. The number of nitrogens with one attached hydrogen (secondary N) is 1. The van der Waals surface area contributed by atoms with E-state index in [1.54, 1.807) is 4.90 Å². The molecule has 1 aromatic heterocycles. The predicted molar refractivity (Wildman–Crippen MR) is 84.4 cm³/mol. The van der Waals surface area contributed by atoms with Crippen molar-refractivity contribution in [3.05, 3.63) is 29.1 Å². The Labute approximate surface area is 126 Å². The minimum atomic E-state index is -0.374. The van der Waals surface area contributed by atoms with Gasteiger partial charge in [-0.25, -0.2) is 0 Å². The number of fused-ring (bicyclic) bond motifs is 1. The molecular weight excluding hydrogens is 286 g/mol. The summed E-state index contributed by atoms with van der Waals surface area (Å²) in [6.45, 7) is 2.99. The SMILES string of the molecule is CCC1C(=O)NCCN1C(=O)c1cc2cc(N)ccc2s1. The minimum Gasteiger partial charge on any atom is -0.399 e. The van der Waals surface area contributed by atoms with Crippen LogP contribution in [-0.2, 0) is 4.79 Å². The second-order valence-electron chi connectivity index (χ2n) is 5.12. The lowest BCUT2D eigenvalue weighted by Gasteiger charge is -2.34. The number of hydrogen-bond acceptors (Lipinski definition) is 4. The molecule has 1 aliphatic heterocycles. The Morgan fingerprint density at radius 2 is 2.29 bits per heavy atom. The second kappa shape index (κ2) is 5.37. The smallest absolute Gasteiger partial charge is 0.264 e. The molecule has 6 heteroatoms. The van der Waals surface area contributed by atoms with Gasteiger partial charge in [-0.05, 0) is 36.1 Å². The number of hydrogen-bond donors (Lipinski definition) is 2. The highest BCUT2D eigenvalue weighted by atomic mass is 32.1. The first-order chi connectivity index (χ1) is 10.1. The van der Waals surface area contributed by atoms with Gasteiger partial charge in [-0.1, -0.05) is 6.92 Å². The number of benzene rings is 1. The third-order valence-electron chi connectivity index (χ3n) is 3.73. The number of piperazine rings is 1. The maximum atomic E-state index is 12.7. The van der Waals surface area contributed by atoms with Gasteiger partial charge in [0.05, 0.1) is 4.88 Å². The van der Waals surface area contributed by atoms with Gasteiger partial charge in [0.15, 0.2) is 0 Å². The van der Waals surface area contributed by atoms with Gasteiger partial charge in [0, 0.05) is 23.5 Å². The van der Waals surface area contributed by atoms with E-state index in [1.165, 1.54) is 11.3 Å². The number of rotatable bonds is 2. The lowest BCUT2D eigenvalue weighted by Crippen LogP contribution is -2.56. The molecule has 0 aliphatic carbocycles. The molecule has 2 heterocycles.